The lowest BCUT2D eigenvalue weighted by atomic mass is 10.2. The molecule has 0 aliphatic carbocycles. The quantitative estimate of drug-likeness (QED) is 0.827. The molecule has 2 aromatic heterocycles. The average Bonchev–Trinajstić information content (AvgIpc) is 2.29. The number of carbonyl (C=O) groups is 1. The monoisotopic (exact) mass is 252 g/mol. The molecule has 2 aromatic rings. The Morgan fingerprint density at radius 2 is 2.29 bits per heavy atom. The van der Waals surface area contributed by atoms with Crippen molar-refractivity contribution in [2.45, 2.75) is 13.5 Å². The van der Waals surface area contributed by atoms with E-state index in [0.29, 0.717) is 12.1 Å². The topological polar surface area (TPSA) is 72.2 Å². The molecule has 17 heavy (non-hydrogen) atoms. The molecular weight excluding hydrogens is 244 g/mol. The third kappa shape index (κ3) is 1.89. The third-order valence-electron chi connectivity index (χ3n) is 2.50. The van der Waals surface area contributed by atoms with Crippen LogP contribution in [0.1, 0.15) is 17.3 Å². The Hall–Kier alpha value is -1.88. The van der Waals surface area contributed by atoms with Gasteiger partial charge in [0, 0.05) is 18.9 Å². The van der Waals surface area contributed by atoms with Gasteiger partial charge in [-0.25, -0.2) is 9.78 Å². The lowest BCUT2D eigenvalue weighted by Crippen LogP contribution is -2.18. The van der Waals surface area contributed by atoms with E-state index in [1.165, 1.54) is 12.4 Å². The summed E-state index contributed by atoms with van der Waals surface area (Å²) in [6.45, 7) is 2.39. The molecule has 0 aromatic carbocycles. The summed E-state index contributed by atoms with van der Waals surface area (Å²) in [5.74, 6) is -1.24. The Labute approximate surface area is 101 Å². The minimum absolute atomic E-state index is 0.260. The number of aromatic carboxylic acids is 1. The molecule has 0 unspecified atom stereocenters. The second-order valence-electron chi connectivity index (χ2n) is 3.49. The number of aromatic nitrogens is 2. The van der Waals surface area contributed by atoms with Gasteiger partial charge >= 0.3 is 5.97 Å². The zero-order chi connectivity index (χ0) is 12.6. The van der Waals surface area contributed by atoms with E-state index in [1.54, 1.807) is 10.6 Å². The Morgan fingerprint density at radius 3 is 2.88 bits per heavy atom. The number of rotatable bonds is 2. The van der Waals surface area contributed by atoms with Crippen molar-refractivity contribution in [2.24, 2.45) is 0 Å². The molecule has 0 aliphatic heterocycles. The minimum Gasteiger partial charge on any atom is -0.477 e. The molecule has 0 bridgehead atoms. The Balaban J connectivity index is 2.95. The molecule has 0 saturated carbocycles. The van der Waals surface area contributed by atoms with Crippen molar-refractivity contribution in [2.75, 3.05) is 0 Å². The fraction of sp³-hybridized carbons (Fsp3) is 0.182. The molecule has 0 atom stereocenters. The summed E-state index contributed by atoms with van der Waals surface area (Å²) in [6, 6.07) is 1.55. The van der Waals surface area contributed by atoms with Crippen LogP contribution in [0.4, 0.5) is 0 Å². The Morgan fingerprint density at radius 1 is 1.59 bits per heavy atom. The fourth-order valence-corrected chi connectivity index (χ4v) is 1.83. The van der Waals surface area contributed by atoms with E-state index in [1.807, 2.05) is 6.92 Å². The van der Waals surface area contributed by atoms with E-state index >= 15 is 0 Å². The lowest BCUT2D eigenvalue weighted by molar-refractivity contribution is 0.0695. The van der Waals surface area contributed by atoms with Gasteiger partial charge in [0.2, 0.25) is 5.43 Å². The highest BCUT2D eigenvalue weighted by atomic mass is 35.5. The maximum atomic E-state index is 11.9. The number of pyridine rings is 2. The molecule has 6 heteroatoms. The summed E-state index contributed by atoms with van der Waals surface area (Å²) < 4.78 is 1.66. The van der Waals surface area contributed by atoms with Gasteiger partial charge in [0.1, 0.15) is 10.7 Å². The normalized spacial score (nSPS) is 10.7. The standard InChI is InChI=1S/C11H9ClN2O3/c1-2-14-5-7(11(16)17)10(15)6-4-13-9(12)3-8(6)14/h3-5H,2H2,1H3,(H,16,17). The van der Waals surface area contributed by atoms with Crippen LogP contribution < -0.4 is 5.43 Å². The summed E-state index contributed by atoms with van der Waals surface area (Å²) in [5.41, 5.74) is -0.215. The number of hydrogen-bond donors (Lipinski definition) is 1. The van der Waals surface area contributed by atoms with Crippen molar-refractivity contribution in [1.29, 1.82) is 0 Å². The number of nitrogens with zero attached hydrogens (tertiary/aromatic N) is 2. The summed E-state index contributed by atoms with van der Waals surface area (Å²) in [5, 5.41) is 9.47. The molecule has 0 spiro atoms. The number of halogens is 1. The second-order valence-corrected chi connectivity index (χ2v) is 3.87. The van der Waals surface area contributed by atoms with Gasteiger partial charge in [-0.05, 0) is 13.0 Å². The van der Waals surface area contributed by atoms with Crippen LogP contribution in [-0.4, -0.2) is 20.6 Å². The van der Waals surface area contributed by atoms with Crippen LogP contribution in [0.5, 0.6) is 0 Å². The molecule has 88 valence electrons. The SMILES string of the molecule is CCn1cc(C(=O)O)c(=O)c2cnc(Cl)cc21. The number of carboxylic acid groups (broad SMARTS) is 1. The molecule has 1 N–H and O–H groups in total. The predicted octanol–water partition coefficient (Wildman–Crippen LogP) is 1.77. The highest BCUT2D eigenvalue weighted by Crippen LogP contribution is 2.15. The van der Waals surface area contributed by atoms with E-state index < -0.39 is 11.4 Å². The maximum absolute atomic E-state index is 11.9. The second kappa shape index (κ2) is 4.18. The summed E-state index contributed by atoms with van der Waals surface area (Å²) in [7, 11) is 0. The third-order valence-corrected chi connectivity index (χ3v) is 2.71. The molecule has 2 rings (SSSR count). The molecule has 0 amide bonds. The van der Waals surface area contributed by atoms with E-state index in [2.05, 4.69) is 4.98 Å². The maximum Gasteiger partial charge on any atom is 0.341 e. The molecule has 0 fully saturated rings. The van der Waals surface area contributed by atoms with Crippen LogP contribution in [0.25, 0.3) is 10.9 Å². The van der Waals surface area contributed by atoms with Crippen LogP contribution in [0.3, 0.4) is 0 Å². The van der Waals surface area contributed by atoms with Gasteiger partial charge in [-0.2, -0.15) is 0 Å². The molecule has 0 radical (unpaired) electrons. The van der Waals surface area contributed by atoms with Crippen molar-refractivity contribution in [3.05, 3.63) is 39.4 Å². The number of fused-ring (bicyclic) bond motifs is 1. The van der Waals surface area contributed by atoms with Gasteiger partial charge < -0.3 is 9.67 Å². The number of hydrogen-bond acceptors (Lipinski definition) is 3. The lowest BCUT2D eigenvalue weighted by Gasteiger charge is -2.09. The summed E-state index contributed by atoms with van der Waals surface area (Å²) in [4.78, 5) is 26.6. The van der Waals surface area contributed by atoms with E-state index in [0.717, 1.165) is 0 Å². The van der Waals surface area contributed by atoms with Gasteiger partial charge in [0.25, 0.3) is 0 Å². The van der Waals surface area contributed by atoms with Gasteiger partial charge in [0.05, 0.1) is 10.9 Å². The van der Waals surface area contributed by atoms with Crippen LogP contribution in [0, 0.1) is 0 Å². The summed E-state index contributed by atoms with van der Waals surface area (Å²) in [6.07, 6.45) is 2.63. The van der Waals surface area contributed by atoms with Crippen LogP contribution >= 0.6 is 11.6 Å². The van der Waals surface area contributed by atoms with E-state index in [9.17, 15) is 9.59 Å². The molecule has 0 aliphatic rings. The highest BCUT2D eigenvalue weighted by molar-refractivity contribution is 6.30. The van der Waals surface area contributed by atoms with Gasteiger partial charge in [-0.15, -0.1) is 0 Å². The zero-order valence-electron chi connectivity index (χ0n) is 8.98. The van der Waals surface area contributed by atoms with Gasteiger partial charge in [0.15, 0.2) is 0 Å². The number of aryl methyl sites for hydroxylation is 1. The highest BCUT2D eigenvalue weighted by Gasteiger charge is 2.14. The van der Waals surface area contributed by atoms with E-state index in [-0.39, 0.29) is 16.1 Å². The van der Waals surface area contributed by atoms with Crippen molar-refractivity contribution >= 4 is 28.5 Å². The van der Waals surface area contributed by atoms with Gasteiger partial charge in [-0.3, -0.25) is 4.79 Å². The fourth-order valence-electron chi connectivity index (χ4n) is 1.68. The molecule has 5 nitrogen and oxygen atoms in total. The first-order chi connectivity index (χ1) is 8.04. The minimum atomic E-state index is -1.24. The molecule has 0 saturated heterocycles. The van der Waals surface area contributed by atoms with Crippen molar-refractivity contribution < 1.29 is 9.90 Å². The first-order valence-electron chi connectivity index (χ1n) is 4.96. The first-order valence-corrected chi connectivity index (χ1v) is 5.34. The molecular formula is C11H9ClN2O3. The van der Waals surface area contributed by atoms with Crippen molar-refractivity contribution in [3.63, 3.8) is 0 Å². The first kappa shape index (κ1) is 11.6. The van der Waals surface area contributed by atoms with Gasteiger partial charge in [-0.1, -0.05) is 11.6 Å². The van der Waals surface area contributed by atoms with Crippen LogP contribution in [-0.2, 0) is 6.54 Å². The predicted molar refractivity (Wildman–Crippen MR) is 63.6 cm³/mol. The van der Waals surface area contributed by atoms with Crippen molar-refractivity contribution in [3.8, 4) is 0 Å². The average molecular weight is 253 g/mol. The zero-order valence-corrected chi connectivity index (χ0v) is 9.73. The van der Waals surface area contributed by atoms with E-state index in [4.69, 9.17) is 16.7 Å². The Kier molecular flexibility index (Phi) is 2.85. The van der Waals surface area contributed by atoms with Crippen LogP contribution in [0.15, 0.2) is 23.3 Å². The smallest absolute Gasteiger partial charge is 0.341 e. The largest absolute Gasteiger partial charge is 0.477 e. The molecule has 2 heterocycles. The van der Waals surface area contributed by atoms with Crippen molar-refractivity contribution in [1.82, 2.24) is 9.55 Å². The number of carboxylic acids is 1. The Bertz CT molecular complexity index is 664. The summed E-state index contributed by atoms with van der Waals surface area (Å²) >= 11 is 5.76. The van der Waals surface area contributed by atoms with Crippen LogP contribution in [0.2, 0.25) is 5.15 Å².